The molecule has 29 heavy (non-hydrogen) atoms. The molecule has 6 heteroatoms. The molecule has 1 atom stereocenters. The van der Waals surface area contributed by atoms with Crippen LogP contribution in [0.1, 0.15) is 17.2 Å². The number of aliphatic hydroxyl groups is 1. The van der Waals surface area contributed by atoms with Gasteiger partial charge in [-0.15, -0.1) is 0 Å². The molecule has 0 radical (unpaired) electrons. The fraction of sp³-hybridized carbons (Fsp3) is 0.0435. The summed E-state index contributed by atoms with van der Waals surface area (Å²) in [4.78, 5) is 27.4. The molecule has 0 aromatic heterocycles. The average Bonchev–Trinajstić information content (AvgIpc) is 3.00. The molecule has 144 valence electrons. The van der Waals surface area contributed by atoms with E-state index in [1.165, 1.54) is 4.90 Å². The van der Waals surface area contributed by atoms with E-state index in [0.717, 1.165) is 4.47 Å². The highest BCUT2D eigenvalue weighted by atomic mass is 79.9. The van der Waals surface area contributed by atoms with Crippen molar-refractivity contribution in [2.75, 3.05) is 4.90 Å². The number of ketones is 1. The predicted octanol–water partition coefficient (Wildman–Crippen LogP) is 5.73. The van der Waals surface area contributed by atoms with Gasteiger partial charge in [-0.25, -0.2) is 0 Å². The molecule has 1 amide bonds. The average molecular weight is 469 g/mol. The summed E-state index contributed by atoms with van der Waals surface area (Å²) in [6, 6.07) is 21.9. The number of Topliss-reactive ketones (excluding diaryl/α,β-unsaturated/α-hetero) is 1. The maximum Gasteiger partial charge on any atom is 0.300 e. The summed E-state index contributed by atoms with van der Waals surface area (Å²) < 4.78 is 0.852. The fourth-order valence-corrected chi connectivity index (χ4v) is 3.80. The molecule has 0 aliphatic carbocycles. The lowest BCUT2D eigenvalue weighted by molar-refractivity contribution is -0.132. The number of halogens is 2. The van der Waals surface area contributed by atoms with Crippen LogP contribution in [0.2, 0.25) is 5.02 Å². The van der Waals surface area contributed by atoms with E-state index in [1.54, 1.807) is 72.8 Å². The molecule has 1 unspecified atom stereocenters. The summed E-state index contributed by atoms with van der Waals surface area (Å²) in [6.07, 6.45) is 0. The van der Waals surface area contributed by atoms with Gasteiger partial charge in [0.05, 0.1) is 11.6 Å². The van der Waals surface area contributed by atoms with Crippen LogP contribution < -0.4 is 4.90 Å². The highest BCUT2D eigenvalue weighted by Gasteiger charge is 2.46. The zero-order valence-electron chi connectivity index (χ0n) is 15.0. The molecule has 1 saturated heterocycles. The molecule has 0 spiro atoms. The molecular formula is C23H15BrClNO3. The van der Waals surface area contributed by atoms with Crippen molar-refractivity contribution in [3.05, 3.63) is 105 Å². The number of amides is 1. The molecule has 1 aliphatic heterocycles. The van der Waals surface area contributed by atoms with E-state index < -0.39 is 17.7 Å². The second-order valence-corrected chi connectivity index (χ2v) is 7.92. The number of aliphatic hydroxyl groups excluding tert-OH is 1. The number of rotatable bonds is 3. The minimum atomic E-state index is -0.770. The Morgan fingerprint density at radius 1 is 0.897 bits per heavy atom. The van der Waals surface area contributed by atoms with Gasteiger partial charge in [0, 0.05) is 20.7 Å². The number of carbonyl (C=O) groups is 2. The van der Waals surface area contributed by atoms with Gasteiger partial charge in [-0.1, -0.05) is 70.0 Å². The molecule has 4 rings (SSSR count). The standard InChI is InChI=1S/C23H15BrClNO3/c24-16-8-12-18(13-9-16)26-20(14-6-10-17(25)11-7-14)19(22(28)23(26)29)21(27)15-4-2-1-3-5-15/h1-13,20,27H/b21-19-. The van der Waals surface area contributed by atoms with E-state index in [-0.39, 0.29) is 11.3 Å². The van der Waals surface area contributed by atoms with Gasteiger partial charge in [0.1, 0.15) is 5.76 Å². The van der Waals surface area contributed by atoms with Crippen LogP contribution in [0.4, 0.5) is 5.69 Å². The molecule has 1 fully saturated rings. The monoisotopic (exact) mass is 467 g/mol. The van der Waals surface area contributed by atoms with E-state index in [4.69, 9.17) is 11.6 Å². The van der Waals surface area contributed by atoms with Gasteiger partial charge in [-0.2, -0.15) is 0 Å². The van der Waals surface area contributed by atoms with Crippen LogP contribution in [-0.4, -0.2) is 16.8 Å². The highest BCUT2D eigenvalue weighted by molar-refractivity contribution is 9.10. The van der Waals surface area contributed by atoms with Gasteiger partial charge >= 0.3 is 0 Å². The van der Waals surface area contributed by atoms with Crippen LogP contribution in [-0.2, 0) is 9.59 Å². The van der Waals surface area contributed by atoms with Gasteiger partial charge < -0.3 is 5.11 Å². The van der Waals surface area contributed by atoms with Crippen LogP contribution in [0.15, 0.2) is 88.9 Å². The minimum Gasteiger partial charge on any atom is -0.507 e. The first-order valence-corrected chi connectivity index (χ1v) is 10.0. The van der Waals surface area contributed by atoms with Crippen molar-refractivity contribution in [1.29, 1.82) is 0 Å². The number of hydrogen-bond donors (Lipinski definition) is 1. The van der Waals surface area contributed by atoms with E-state index in [2.05, 4.69) is 15.9 Å². The van der Waals surface area contributed by atoms with Crippen LogP contribution in [0, 0.1) is 0 Å². The summed E-state index contributed by atoms with van der Waals surface area (Å²) in [7, 11) is 0. The summed E-state index contributed by atoms with van der Waals surface area (Å²) >= 11 is 9.41. The Morgan fingerprint density at radius 2 is 1.52 bits per heavy atom. The summed E-state index contributed by atoms with van der Waals surface area (Å²) in [5.74, 6) is -1.62. The molecule has 1 N–H and O–H groups in total. The second-order valence-electron chi connectivity index (χ2n) is 6.56. The van der Waals surface area contributed by atoms with E-state index in [0.29, 0.717) is 21.8 Å². The largest absolute Gasteiger partial charge is 0.507 e. The van der Waals surface area contributed by atoms with Crippen molar-refractivity contribution in [3.63, 3.8) is 0 Å². The van der Waals surface area contributed by atoms with Crippen LogP contribution in [0.25, 0.3) is 5.76 Å². The first kappa shape index (κ1) is 19.4. The SMILES string of the molecule is O=C1C(=O)N(c2ccc(Br)cc2)C(c2ccc(Cl)cc2)/C1=C(/O)c1ccccc1. The second kappa shape index (κ2) is 7.85. The van der Waals surface area contributed by atoms with Crippen LogP contribution in [0.5, 0.6) is 0 Å². The van der Waals surface area contributed by atoms with Crippen molar-refractivity contribution < 1.29 is 14.7 Å². The third-order valence-corrected chi connectivity index (χ3v) is 5.56. The summed E-state index contributed by atoms with van der Waals surface area (Å²) in [5, 5.41) is 11.5. The van der Waals surface area contributed by atoms with Crippen molar-refractivity contribution in [2.24, 2.45) is 0 Å². The summed E-state index contributed by atoms with van der Waals surface area (Å²) in [5.41, 5.74) is 1.75. The number of hydrogen-bond acceptors (Lipinski definition) is 3. The number of benzene rings is 3. The lowest BCUT2D eigenvalue weighted by Gasteiger charge is -2.25. The minimum absolute atomic E-state index is 0.0476. The van der Waals surface area contributed by atoms with Crippen molar-refractivity contribution in [3.8, 4) is 0 Å². The Kier molecular flexibility index (Phi) is 5.26. The molecule has 1 heterocycles. The highest BCUT2D eigenvalue weighted by Crippen LogP contribution is 2.42. The Labute approximate surface area is 181 Å². The maximum atomic E-state index is 13.0. The van der Waals surface area contributed by atoms with Gasteiger partial charge in [-0.05, 0) is 42.0 Å². The first-order chi connectivity index (χ1) is 14.0. The van der Waals surface area contributed by atoms with Crippen molar-refractivity contribution >= 4 is 50.7 Å². The fourth-order valence-electron chi connectivity index (χ4n) is 3.41. The van der Waals surface area contributed by atoms with Gasteiger partial charge in [0.2, 0.25) is 0 Å². The topological polar surface area (TPSA) is 57.6 Å². The van der Waals surface area contributed by atoms with Crippen LogP contribution >= 0.6 is 27.5 Å². The third kappa shape index (κ3) is 3.59. The Hall–Kier alpha value is -2.89. The maximum absolute atomic E-state index is 13.0. The predicted molar refractivity (Wildman–Crippen MR) is 117 cm³/mol. The Morgan fingerprint density at radius 3 is 2.14 bits per heavy atom. The summed E-state index contributed by atoms with van der Waals surface area (Å²) in [6.45, 7) is 0. The molecule has 0 bridgehead atoms. The Bertz CT molecular complexity index is 1110. The van der Waals surface area contributed by atoms with Crippen molar-refractivity contribution in [1.82, 2.24) is 0 Å². The molecule has 3 aromatic carbocycles. The normalized spacial score (nSPS) is 18.3. The molecule has 0 saturated carbocycles. The molecule has 3 aromatic rings. The zero-order valence-corrected chi connectivity index (χ0v) is 17.4. The first-order valence-electron chi connectivity index (χ1n) is 8.85. The van der Waals surface area contributed by atoms with Crippen LogP contribution in [0.3, 0.4) is 0 Å². The molecular weight excluding hydrogens is 454 g/mol. The van der Waals surface area contributed by atoms with Gasteiger partial charge in [0.15, 0.2) is 0 Å². The smallest absolute Gasteiger partial charge is 0.300 e. The van der Waals surface area contributed by atoms with Crippen molar-refractivity contribution in [2.45, 2.75) is 6.04 Å². The number of anilines is 1. The lowest BCUT2D eigenvalue weighted by atomic mass is 9.95. The van der Waals surface area contributed by atoms with E-state index in [9.17, 15) is 14.7 Å². The zero-order chi connectivity index (χ0) is 20.5. The quantitative estimate of drug-likeness (QED) is 0.303. The number of carbonyl (C=O) groups excluding carboxylic acids is 2. The van der Waals surface area contributed by atoms with Gasteiger partial charge in [-0.3, -0.25) is 14.5 Å². The molecule has 4 nitrogen and oxygen atoms in total. The Balaban J connectivity index is 1.94. The third-order valence-electron chi connectivity index (χ3n) is 4.78. The molecule has 1 aliphatic rings. The lowest BCUT2D eigenvalue weighted by Crippen LogP contribution is -2.29. The van der Waals surface area contributed by atoms with E-state index >= 15 is 0 Å². The number of nitrogens with zero attached hydrogens (tertiary/aromatic N) is 1. The van der Waals surface area contributed by atoms with Gasteiger partial charge in [0.25, 0.3) is 11.7 Å². The van der Waals surface area contributed by atoms with E-state index in [1.807, 2.05) is 6.07 Å².